The van der Waals surface area contributed by atoms with Crippen molar-refractivity contribution in [2.75, 3.05) is 13.1 Å². The molecule has 0 spiro atoms. The van der Waals surface area contributed by atoms with Crippen LogP contribution in [-0.4, -0.2) is 40.3 Å². The topological polar surface area (TPSA) is 68.1 Å². The summed E-state index contributed by atoms with van der Waals surface area (Å²) in [6, 6.07) is 15.0. The summed E-state index contributed by atoms with van der Waals surface area (Å²) in [6.07, 6.45) is 6.92. The Hall–Kier alpha value is -3.10. The van der Waals surface area contributed by atoms with Gasteiger partial charge < -0.3 is 4.57 Å². The summed E-state index contributed by atoms with van der Waals surface area (Å²) in [7, 11) is -3.68. The molecule has 1 unspecified atom stereocenters. The maximum atomic E-state index is 13.2. The summed E-state index contributed by atoms with van der Waals surface area (Å²) in [6.45, 7) is 0.801. The van der Waals surface area contributed by atoms with Crippen LogP contribution in [0.2, 0.25) is 0 Å². The quantitative estimate of drug-likeness (QED) is 0.479. The SMILES string of the molecule is O=S(=O)(c1ccc(F)cc1)N1CCCC(n2cnc3ccc(-c4ccncc4)cc32)C1. The number of piperidine rings is 1. The van der Waals surface area contributed by atoms with Crippen LogP contribution < -0.4 is 0 Å². The van der Waals surface area contributed by atoms with Gasteiger partial charge in [-0.1, -0.05) is 6.07 Å². The third-order valence-electron chi connectivity index (χ3n) is 5.79. The first-order chi connectivity index (χ1) is 15.0. The summed E-state index contributed by atoms with van der Waals surface area (Å²) < 4.78 is 43.0. The van der Waals surface area contributed by atoms with Crippen LogP contribution in [-0.2, 0) is 10.0 Å². The largest absolute Gasteiger partial charge is 0.326 e. The Balaban J connectivity index is 1.47. The molecule has 2 aromatic heterocycles. The maximum Gasteiger partial charge on any atom is 0.243 e. The molecule has 5 rings (SSSR count). The van der Waals surface area contributed by atoms with Gasteiger partial charge in [0.1, 0.15) is 5.82 Å². The molecule has 4 aromatic rings. The molecule has 8 heteroatoms. The molecule has 0 saturated carbocycles. The second kappa shape index (κ2) is 7.86. The minimum atomic E-state index is -3.68. The zero-order valence-electron chi connectivity index (χ0n) is 16.7. The summed E-state index contributed by atoms with van der Waals surface area (Å²) in [5.74, 6) is -0.453. The van der Waals surface area contributed by atoms with Crippen LogP contribution in [0.4, 0.5) is 4.39 Å². The van der Waals surface area contributed by atoms with E-state index < -0.39 is 15.8 Å². The molecule has 1 saturated heterocycles. The van der Waals surface area contributed by atoms with Gasteiger partial charge in [0.2, 0.25) is 10.0 Å². The number of rotatable bonds is 4. The van der Waals surface area contributed by atoms with Crippen LogP contribution >= 0.6 is 0 Å². The highest BCUT2D eigenvalue weighted by molar-refractivity contribution is 7.89. The predicted octanol–water partition coefficient (Wildman–Crippen LogP) is 4.26. The number of pyridine rings is 1. The lowest BCUT2D eigenvalue weighted by Gasteiger charge is -2.33. The fourth-order valence-electron chi connectivity index (χ4n) is 4.16. The smallest absolute Gasteiger partial charge is 0.243 e. The number of benzene rings is 2. The summed E-state index contributed by atoms with van der Waals surface area (Å²) >= 11 is 0. The van der Waals surface area contributed by atoms with Gasteiger partial charge in [0, 0.05) is 31.5 Å². The minimum absolute atomic E-state index is 0.0262. The van der Waals surface area contributed by atoms with Gasteiger partial charge in [-0.05, 0) is 72.5 Å². The van der Waals surface area contributed by atoms with Crippen molar-refractivity contribution in [1.82, 2.24) is 18.8 Å². The second-order valence-corrected chi connectivity index (χ2v) is 9.64. The van der Waals surface area contributed by atoms with Gasteiger partial charge in [0.25, 0.3) is 0 Å². The van der Waals surface area contributed by atoms with Crippen LogP contribution in [0, 0.1) is 5.82 Å². The first-order valence-corrected chi connectivity index (χ1v) is 11.6. The third-order valence-corrected chi connectivity index (χ3v) is 7.67. The van der Waals surface area contributed by atoms with Gasteiger partial charge in [-0.3, -0.25) is 4.98 Å². The molecule has 1 atom stereocenters. The van der Waals surface area contributed by atoms with Gasteiger partial charge in [-0.15, -0.1) is 0 Å². The van der Waals surface area contributed by atoms with Crippen molar-refractivity contribution in [1.29, 1.82) is 0 Å². The molecule has 2 aromatic carbocycles. The lowest BCUT2D eigenvalue weighted by molar-refractivity contribution is 0.270. The van der Waals surface area contributed by atoms with Gasteiger partial charge >= 0.3 is 0 Å². The maximum absolute atomic E-state index is 13.2. The molecule has 3 heterocycles. The van der Waals surface area contributed by atoms with Crippen molar-refractivity contribution < 1.29 is 12.8 Å². The van der Waals surface area contributed by atoms with Crippen LogP contribution in [0.1, 0.15) is 18.9 Å². The van der Waals surface area contributed by atoms with Crippen LogP contribution in [0.25, 0.3) is 22.2 Å². The average molecular weight is 437 g/mol. The second-order valence-electron chi connectivity index (χ2n) is 7.70. The van der Waals surface area contributed by atoms with E-state index >= 15 is 0 Å². The van der Waals surface area contributed by atoms with Gasteiger partial charge in [-0.25, -0.2) is 17.8 Å². The molecule has 0 bridgehead atoms. The molecule has 31 heavy (non-hydrogen) atoms. The zero-order chi connectivity index (χ0) is 21.4. The van der Waals surface area contributed by atoms with Gasteiger partial charge in [-0.2, -0.15) is 4.31 Å². The van der Waals surface area contributed by atoms with E-state index in [-0.39, 0.29) is 10.9 Å². The Morgan fingerprint density at radius 1 is 0.968 bits per heavy atom. The molecule has 0 aliphatic carbocycles. The Morgan fingerprint density at radius 3 is 2.52 bits per heavy atom. The van der Waals surface area contributed by atoms with E-state index in [1.54, 1.807) is 18.7 Å². The third kappa shape index (κ3) is 3.73. The molecule has 1 aliphatic heterocycles. The van der Waals surface area contributed by atoms with E-state index in [1.807, 2.05) is 24.3 Å². The lowest BCUT2D eigenvalue weighted by Crippen LogP contribution is -2.40. The van der Waals surface area contributed by atoms with E-state index in [1.165, 1.54) is 28.6 Å². The summed E-state index contributed by atoms with van der Waals surface area (Å²) in [5.41, 5.74) is 3.97. The number of imidazole rings is 1. The Bertz CT molecular complexity index is 1320. The molecule has 158 valence electrons. The number of sulfonamides is 1. The first-order valence-electron chi connectivity index (χ1n) is 10.1. The molecule has 1 fully saturated rings. The van der Waals surface area contributed by atoms with Gasteiger partial charge in [0.15, 0.2) is 0 Å². The van der Waals surface area contributed by atoms with E-state index in [4.69, 9.17) is 0 Å². The van der Waals surface area contributed by atoms with Gasteiger partial charge in [0.05, 0.1) is 22.3 Å². The summed E-state index contributed by atoms with van der Waals surface area (Å²) in [5, 5.41) is 0. The number of nitrogens with zero attached hydrogens (tertiary/aromatic N) is 4. The molecule has 6 nitrogen and oxygen atoms in total. The Kier molecular flexibility index (Phi) is 5.03. The monoisotopic (exact) mass is 436 g/mol. The standard InChI is InChI=1S/C23H21FN4O2S/c24-19-4-6-21(7-5-19)31(29,30)27-13-1-2-20(15-27)28-16-26-22-8-3-18(14-23(22)28)17-9-11-25-12-10-17/h3-12,14,16,20H,1-2,13,15H2. The van der Waals surface area contributed by atoms with E-state index in [9.17, 15) is 12.8 Å². The van der Waals surface area contributed by atoms with Crippen molar-refractivity contribution >= 4 is 21.1 Å². The van der Waals surface area contributed by atoms with E-state index in [0.717, 1.165) is 35.0 Å². The fourth-order valence-corrected chi connectivity index (χ4v) is 5.68. The average Bonchev–Trinajstić information content (AvgIpc) is 3.23. The number of hydrogen-bond donors (Lipinski definition) is 0. The highest BCUT2D eigenvalue weighted by Gasteiger charge is 2.31. The number of aromatic nitrogens is 3. The van der Waals surface area contributed by atoms with Crippen LogP contribution in [0.5, 0.6) is 0 Å². The van der Waals surface area contributed by atoms with E-state index in [0.29, 0.717) is 13.1 Å². The van der Waals surface area contributed by atoms with Crippen molar-refractivity contribution in [2.45, 2.75) is 23.8 Å². The fraction of sp³-hybridized carbons (Fsp3) is 0.217. The number of halogens is 1. The zero-order valence-corrected chi connectivity index (χ0v) is 17.5. The normalized spacial score (nSPS) is 17.8. The first kappa shape index (κ1) is 19.8. The van der Waals surface area contributed by atoms with Crippen molar-refractivity contribution in [3.05, 3.63) is 79.1 Å². The minimum Gasteiger partial charge on any atom is -0.326 e. The molecule has 1 aliphatic rings. The summed E-state index contributed by atoms with van der Waals surface area (Å²) in [4.78, 5) is 8.71. The number of hydrogen-bond acceptors (Lipinski definition) is 4. The Morgan fingerprint density at radius 2 is 1.74 bits per heavy atom. The molecule has 0 N–H and O–H groups in total. The highest BCUT2D eigenvalue weighted by Crippen LogP contribution is 2.31. The highest BCUT2D eigenvalue weighted by atomic mass is 32.2. The Labute approximate surface area is 180 Å². The molecular formula is C23H21FN4O2S. The molecular weight excluding hydrogens is 415 g/mol. The molecule has 0 amide bonds. The lowest BCUT2D eigenvalue weighted by atomic mass is 10.0. The van der Waals surface area contributed by atoms with Crippen molar-refractivity contribution in [3.63, 3.8) is 0 Å². The predicted molar refractivity (Wildman–Crippen MR) is 116 cm³/mol. The number of fused-ring (bicyclic) bond motifs is 1. The van der Waals surface area contributed by atoms with Crippen LogP contribution in [0.3, 0.4) is 0 Å². The van der Waals surface area contributed by atoms with E-state index in [2.05, 4.69) is 20.6 Å². The van der Waals surface area contributed by atoms with Crippen LogP contribution in [0.15, 0.2) is 78.2 Å². The van der Waals surface area contributed by atoms with Crippen molar-refractivity contribution in [2.24, 2.45) is 0 Å². The van der Waals surface area contributed by atoms with Crippen molar-refractivity contribution in [3.8, 4) is 11.1 Å². The molecule has 0 radical (unpaired) electrons.